The third kappa shape index (κ3) is 3.80. The summed E-state index contributed by atoms with van der Waals surface area (Å²) < 4.78 is 0. The van der Waals surface area contributed by atoms with Crippen LogP contribution in [-0.4, -0.2) is 53.5 Å². The number of benzene rings is 1. The van der Waals surface area contributed by atoms with E-state index in [4.69, 9.17) is 0 Å². The van der Waals surface area contributed by atoms with Gasteiger partial charge in [-0.05, 0) is 25.5 Å². The second kappa shape index (κ2) is 6.83. The molecule has 3 rings (SSSR count). The Hall–Kier alpha value is -1.69. The van der Waals surface area contributed by atoms with E-state index in [1.165, 1.54) is 5.56 Å². The Morgan fingerprint density at radius 1 is 1.26 bits per heavy atom. The van der Waals surface area contributed by atoms with Gasteiger partial charge in [0.1, 0.15) is 6.54 Å². The number of amides is 3. The number of thioether (sulfide) groups is 1. The molecule has 0 aromatic heterocycles. The van der Waals surface area contributed by atoms with E-state index in [2.05, 4.69) is 12.2 Å². The fraction of sp³-hybridized carbons (Fsp3) is 0.529. The molecule has 2 unspecified atom stereocenters. The van der Waals surface area contributed by atoms with Crippen LogP contribution in [0.15, 0.2) is 24.3 Å². The fourth-order valence-electron chi connectivity index (χ4n) is 3.03. The Labute approximate surface area is 141 Å². The summed E-state index contributed by atoms with van der Waals surface area (Å²) in [5.41, 5.74) is 2.07. The molecule has 1 aromatic rings. The Kier molecular flexibility index (Phi) is 4.80. The number of nitrogens with one attached hydrogen (secondary N) is 1. The van der Waals surface area contributed by atoms with Gasteiger partial charge in [0.2, 0.25) is 5.91 Å². The van der Waals surface area contributed by atoms with E-state index < -0.39 is 0 Å². The predicted molar refractivity (Wildman–Crippen MR) is 94.0 cm³/mol. The van der Waals surface area contributed by atoms with Gasteiger partial charge in [0.05, 0.1) is 0 Å². The van der Waals surface area contributed by atoms with Crippen LogP contribution in [0.4, 0.5) is 10.5 Å². The molecule has 1 N–H and O–H groups in total. The van der Waals surface area contributed by atoms with Gasteiger partial charge in [0.25, 0.3) is 0 Å². The molecule has 2 aliphatic heterocycles. The summed E-state index contributed by atoms with van der Waals surface area (Å²) in [5.74, 6) is 0.939. The van der Waals surface area contributed by atoms with Gasteiger partial charge in [-0.3, -0.25) is 4.79 Å². The van der Waals surface area contributed by atoms with Crippen LogP contribution in [0.3, 0.4) is 0 Å². The molecule has 2 saturated heterocycles. The number of piperazine rings is 1. The van der Waals surface area contributed by atoms with E-state index >= 15 is 0 Å². The van der Waals surface area contributed by atoms with Crippen molar-refractivity contribution in [1.29, 1.82) is 0 Å². The molecule has 0 radical (unpaired) electrons. The Balaban J connectivity index is 1.56. The molecule has 2 atom stereocenters. The molecule has 5 nitrogen and oxygen atoms in total. The first kappa shape index (κ1) is 16.2. The van der Waals surface area contributed by atoms with Crippen LogP contribution in [0.1, 0.15) is 18.9 Å². The van der Waals surface area contributed by atoms with Gasteiger partial charge < -0.3 is 15.1 Å². The van der Waals surface area contributed by atoms with Gasteiger partial charge in [0, 0.05) is 35.8 Å². The molecule has 0 saturated carbocycles. The van der Waals surface area contributed by atoms with Gasteiger partial charge in [-0.1, -0.05) is 24.6 Å². The van der Waals surface area contributed by atoms with Gasteiger partial charge in [-0.25, -0.2) is 4.79 Å². The van der Waals surface area contributed by atoms with Crippen molar-refractivity contribution in [3.05, 3.63) is 29.8 Å². The second-order valence-electron chi connectivity index (χ2n) is 6.33. The first-order chi connectivity index (χ1) is 11.0. The lowest BCUT2D eigenvalue weighted by Crippen LogP contribution is -2.56. The number of carbonyl (C=O) groups is 2. The molecule has 0 bridgehead atoms. The molecule has 2 fully saturated rings. The monoisotopic (exact) mass is 333 g/mol. The third-order valence-electron chi connectivity index (χ3n) is 4.38. The van der Waals surface area contributed by atoms with Crippen molar-refractivity contribution in [2.45, 2.75) is 31.6 Å². The maximum Gasteiger partial charge on any atom is 0.318 e. The lowest BCUT2D eigenvalue weighted by Gasteiger charge is -2.34. The van der Waals surface area contributed by atoms with Crippen molar-refractivity contribution in [3.8, 4) is 0 Å². The highest BCUT2D eigenvalue weighted by molar-refractivity contribution is 8.00. The maximum atomic E-state index is 12.4. The summed E-state index contributed by atoms with van der Waals surface area (Å²) >= 11 is 1.88. The SMILES string of the molecule is Cc1ccc(N2CCN(C(=O)NC3CSC(C)C3)CC2=O)cc1. The molecule has 2 aliphatic rings. The summed E-state index contributed by atoms with van der Waals surface area (Å²) in [6.07, 6.45) is 1.01. The predicted octanol–water partition coefficient (Wildman–Crippen LogP) is 2.25. The van der Waals surface area contributed by atoms with E-state index in [-0.39, 0.29) is 24.5 Å². The molecule has 124 valence electrons. The third-order valence-corrected chi connectivity index (χ3v) is 5.74. The highest BCUT2D eigenvalue weighted by atomic mass is 32.2. The molecule has 2 heterocycles. The van der Waals surface area contributed by atoms with E-state index in [0.29, 0.717) is 18.3 Å². The number of hydrogen-bond acceptors (Lipinski definition) is 3. The number of carbonyl (C=O) groups excluding carboxylic acids is 2. The first-order valence-corrected chi connectivity index (χ1v) is 9.12. The van der Waals surface area contributed by atoms with Crippen molar-refractivity contribution >= 4 is 29.4 Å². The zero-order valence-corrected chi connectivity index (χ0v) is 14.4. The zero-order chi connectivity index (χ0) is 16.4. The molecule has 6 heteroatoms. The van der Waals surface area contributed by atoms with Crippen LogP contribution in [0.5, 0.6) is 0 Å². The molecular formula is C17H23N3O2S. The quantitative estimate of drug-likeness (QED) is 0.903. The van der Waals surface area contributed by atoms with Crippen molar-refractivity contribution in [1.82, 2.24) is 10.2 Å². The molecule has 0 aliphatic carbocycles. The summed E-state index contributed by atoms with van der Waals surface area (Å²) in [5, 5.41) is 3.65. The number of hydrogen-bond donors (Lipinski definition) is 1. The van der Waals surface area contributed by atoms with Crippen molar-refractivity contribution < 1.29 is 9.59 Å². The minimum atomic E-state index is -0.110. The van der Waals surface area contributed by atoms with Gasteiger partial charge in [-0.2, -0.15) is 11.8 Å². The Bertz CT molecular complexity index is 590. The van der Waals surface area contributed by atoms with Gasteiger partial charge in [-0.15, -0.1) is 0 Å². The summed E-state index contributed by atoms with van der Waals surface area (Å²) in [4.78, 5) is 28.1. The Morgan fingerprint density at radius 2 is 2.00 bits per heavy atom. The van der Waals surface area contributed by atoms with E-state index in [9.17, 15) is 9.59 Å². The number of urea groups is 1. The minimum Gasteiger partial charge on any atom is -0.334 e. The summed E-state index contributed by atoms with van der Waals surface area (Å²) in [6, 6.07) is 8.04. The highest BCUT2D eigenvalue weighted by Gasteiger charge is 2.30. The molecule has 23 heavy (non-hydrogen) atoms. The van der Waals surface area contributed by atoms with E-state index in [0.717, 1.165) is 17.9 Å². The van der Waals surface area contributed by atoms with E-state index in [1.807, 2.05) is 43.0 Å². The average molecular weight is 333 g/mol. The maximum absolute atomic E-state index is 12.4. The van der Waals surface area contributed by atoms with Crippen LogP contribution in [-0.2, 0) is 4.79 Å². The largest absolute Gasteiger partial charge is 0.334 e. The molecule has 1 aromatic carbocycles. The highest BCUT2D eigenvalue weighted by Crippen LogP contribution is 2.26. The standard InChI is InChI=1S/C17H23N3O2S/c1-12-3-5-15(6-4-12)20-8-7-19(10-16(20)21)17(22)18-14-9-13(2)23-11-14/h3-6,13-14H,7-11H2,1-2H3,(H,18,22). The second-order valence-corrected chi connectivity index (χ2v) is 7.80. The van der Waals surface area contributed by atoms with E-state index in [1.54, 1.807) is 9.80 Å². The first-order valence-electron chi connectivity index (χ1n) is 8.07. The number of anilines is 1. The topological polar surface area (TPSA) is 52.6 Å². The molecule has 0 spiro atoms. The summed E-state index contributed by atoms with van der Waals surface area (Å²) in [6.45, 7) is 5.47. The van der Waals surface area contributed by atoms with Crippen LogP contribution < -0.4 is 10.2 Å². The number of nitrogens with zero attached hydrogens (tertiary/aromatic N) is 2. The van der Waals surface area contributed by atoms with Crippen molar-refractivity contribution in [2.75, 3.05) is 30.3 Å². The van der Waals surface area contributed by atoms with Crippen molar-refractivity contribution in [2.24, 2.45) is 0 Å². The zero-order valence-electron chi connectivity index (χ0n) is 13.6. The normalized spacial score (nSPS) is 24.9. The van der Waals surface area contributed by atoms with Crippen LogP contribution in [0, 0.1) is 6.92 Å². The lowest BCUT2D eigenvalue weighted by atomic mass is 10.2. The minimum absolute atomic E-state index is 0.0237. The van der Waals surface area contributed by atoms with Crippen molar-refractivity contribution in [3.63, 3.8) is 0 Å². The van der Waals surface area contributed by atoms with Gasteiger partial charge >= 0.3 is 6.03 Å². The van der Waals surface area contributed by atoms with Crippen LogP contribution >= 0.6 is 11.8 Å². The number of aryl methyl sites for hydroxylation is 1. The fourth-order valence-corrected chi connectivity index (χ4v) is 4.18. The smallest absolute Gasteiger partial charge is 0.318 e. The summed E-state index contributed by atoms with van der Waals surface area (Å²) in [7, 11) is 0. The number of rotatable bonds is 2. The lowest BCUT2D eigenvalue weighted by molar-refractivity contribution is -0.120. The molecule has 3 amide bonds. The van der Waals surface area contributed by atoms with Gasteiger partial charge in [0.15, 0.2) is 0 Å². The Morgan fingerprint density at radius 3 is 2.61 bits per heavy atom. The molecular weight excluding hydrogens is 310 g/mol. The van der Waals surface area contributed by atoms with Crippen LogP contribution in [0.25, 0.3) is 0 Å². The average Bonchev–Trinajstić information content (AvgIpc) is 2.93. The van der Waals surface area contributed by atoms with Crippen LogP contribution in [0.2, 0.25) is 0 Å².